The van der Waals surface area contributed by atoms with Crippen molar-refractivity contribution in [2.75, 3.05) is 5.43 Å². The second-order valence-electron chi connectivity index (χ2n) is 3.99. The molecule has 3 N–H and O–H groups in total. The summed E-state index contributed by atoms with van der Waals surface area (Å²) in [6.45, 7) is 3.70. The van der Waals surface area contributed by atoms with Crippen LogP contribution in [0.5, 0.6) is 11.6 Å². The number of aromatic nitrogens is 2. The number of ether oxygens (including phenoxy) is 1. The number of aryl methyl sites for hydroxylation is 1. The fourth-order valence-corrected chi connectivity index (χ4v) is 1.57. The predicted octanol–water partition coefficient (Wildman–Crippen LogP) is 2.04. The largest absolute Gasteiger partial charge is 0.438 e. The molecule has 6 nitrogen and oxygen atoms in total. The summed E-state index contributed by atoms with van der Waals surface area (Å²) in [6.07, 6.45) is 1.36. The van der Waals surface area contributed by atoms with E-state index in [1.54, 1.807) is 19.1 Å². The van der Waals surface area contributed by atoms with E-state index in [4.69, 9.17) is 15.8 Å². The molecule has 0 spiro atoms. The number of nitrogens with one attached hydrogen (secondary N) is 1. The molecule has 6 heteroatoms. The summed E-state index contributed by atoms with van der Waals surface area (Å²) in [7, 11) is 0. The van der Waals surface area contributed by atoms with Gasteiger partial charge in [-0.1, -0.05) is 6.07 Å². The molecule has 96 valence electrons. The van der Waals surface area contributed by atoms with E-state index < -0.39 is 0 Å². The van der Waals surface area contributed by atoms with Crippen LogP contribution in [0.25, 0.3) is 0 Å². The number of anilines is 1. The van der Waals surface area contributed by atoms with Gasteiger partial charge >= 0.3 is 0 Å². The van der Waals surface area contributed by atoms with Gasteiger partial charge in [-0.05, 0) is 31.5 Å². The quantitative estimate of drug-likeness (QED) is 0.643. The van der Waals surface area contributed by atoms with Gasteiger partial charge in [-0.3, -0.25) is 0 Å². The first kappa shape index (κ1) is 12.8. The first-order valence-electron chi connectivity index (χ1n) is 5.62. The Balaban J connectivity index is 2.39. The molecule has 0 saturated carbocycles. The Hall–Kier alpha value is -2.65. The molecule has 0 unspecified atom stereocenters. The van der Waals surface area contributed by atoms with Crippen LogP contribution < -0.4 is 16.0 Å². The molecule has 19 heavy (non-hydrogen) atoms. The Morgan fingerprint density at radius 1 is 1.32 bits per heavy atom. The van der Waals surface area contributed by atoms with Crippen molar-refractivity contribution in [3.05, 3.63) is 41.2 Å². The average molecular weight is 255 g/mol. The maximum atomic E-state index is 8.90. The highest BCUT2D eigenvalue weighted by molar-refractivity contribution is 5.49. The van der Waals surface area contributed by atoms with Crippen LogP contribution >= 0.6 is 0 Å². The van der Waals surface area contributed by atoms with Crippen LogP contribution in [0.1, 0.15) is 16.7 Å². The van der Waals surface area contributed by atoms with Crippen molar-refractivity contribution in [3.8, 4) is 17.7 Å². The van der Waals surface area contributed by atoms with E-state index in [0.29, 0.717) is 28.6 Å². The molecular weight excluding hydrogens is 242 g/mol. The molecule has 1 heterocycles. The minimum atomic E-state index is 0.404. The van der Waals surface area contributed by atoms with E-state index in [1.165, 1.54) is 6.33 Å². The van der Waals surface area contributed by atoms with Gasteiger partial charge in [-0.25, -0.2) is 15.8 Å². The summed E-state index contributed by atoms with van der Waals surface area (Å²) < 4.78 is 5.73. The first-order chi connectivity index (χ1) is 9.15. The molecule has 0 amide bonds. The highest BCUT2D eigenvalue weighted by Gasteiger charge is 2.10. The summed E-state index contributed by atoms with van der Waals surface area (Å²) in [6, 6.07) is 7.31. The van der Waals surface area contributed by atoms with E-state index in [-0.39, 0.29) is 0 Å². The SMILES string of the molecule is Cc1ccc(C#N)cc1Oc1ncnc(NN)c1C. The molecule has 1 aromatic heterocycles. The summed E-state index contributed by atoms with van der Waals surface area (Å²) in [5.41, 5.74) is 4.62. The standard InChI is InChI=1S/C13H13N5O/c1-8-3-4-10(6-14)5-11(8)19-13-9(2)12(18-15)16-7-17-13/h3-5,7H,15H2,1-2H3,(H,16,17,18). The van der Waals surface area contributed by atoms with Crippen LogP contribution in [0.15, 0.2) is 24.5 Å². The lowest BCUT2D eigenvalue weighted by molar-refractivity contribution is 0.454. The van der Waals surface area contributed by atoms with Crippen molar-refractivity contribution >= 4 is 5.82 Å². The van der Waals surface area contributed by atoms with Crippen LogP contribution in [-0.2, 0) is 0 Å². The molecule has 0 radical (unpaired) electrons. The van der Waals surface area contributed by atoms with Crippen molar-refractivity contribution in [2.45, 2.75) is 13.8 Å². The Morgan fingerprint density at radius 3 is 2.79 bits per heavy atom. The third-order valence-electron chi connectivity index (χ3n) is 2.70. The summed E-state index contributed by atoms with van der Waals surface area (Å²) in [5, 5.41) is 8.90. The molecule has 0 fully saturated rings. The molecule has 2 aromatic rings. The second kappa shape index (κ2) is 5.33. The van der Waals surface area contributed by atoms with Gasteiger partial charge < -0.3 is 10.2 Å². The third-order valence-corrected chi connectivity index (χ3v) is 2.70. The van der Waals surface area contributed by atoms with E-state index in [1.807, 2.05) is 13.0 Å². The third kappa shape index (κ3) is 2.61. The van der Waals surface area contributed by atoms with E-state index >= 15 is 0 Å². The van der Waals surface area contributed by atoms with Crippen LogP contribution in [-0.4, -0.2) is 9.97 Å². The van der Waals surface area contributed by atoms with Gasteiger partial charge in [-0.15, -0.1) is 0 Å². The number of nitriles is 1. The van der Waals surface area contributed by atoms with Crippen molar-refractivity contribution in [1.29, 1.82) is 5.26 Å². The maximum absolute atomic E-state index is 8.90. The summed E-state index contributed by atoms with van der Waals surface area (Å²) in [5.74, 6) is 6.84. The molecule has 0 aliphatic carbocycles. The van der Waals surface area contributed by atoms with Gasteiger partial charge in [0, 0.05) is 0 Å². The van der Waals surface area contributed by atoms with Gasteiger partial charge in [0.1, 0.15) is 17.9 Å². The van der Waals surface area contributed by atoms with Crippen LogP contribution in [0.3, 0.4) is 0 Å². The van der Waals surface area contributed by atoms with Gasteiger partial charge in [0.05, 0.1) is 17.2 Å². The maximum Gasteiger partial charge on any atom is 0.227 e. The Labute approximate surface area is 110 Å². The predicted molar refractivity (Wildman–Crippen MR) is 70.5 cm³/mol. The lowest BCUT2D eigenvalue weighted by atomic mass is 10.1. The van der Waals surface area contributed by atoms with Crippen molar-refractivity contribution in [1.82, 2.24) is 9.97 Å². The Bertz CT molecular complexity index is 648. The summed E-state index contributed by atoms with van der Waals surface area (Å²) >= 11 is 0. The zero-order valence-corrected chi connectivity index (χ0v) is 10.6. The van der Waals surface area contributed by atoms with Gasteiger partial charge in [-0.2, -0.15) is 5.26 Å². The monoisotopic (exact) mass is 255 g/mol. The lowest BCUT2D eigenvalue weighted by Crippen LogP contribution is -2.11. The highest BCUT2D eigenvalue weighted by atomic mass is 16.5. The number of rotatable bonds is 3. The number of nitrogens with two attached hydrogens (primary N) is 1. The number of hydrogen-bond acceptors (Lipinski definition) is 6. The molecule has 0 atom stereocenters. The number of benzene rings is 1. The van der Waals surface area contributed by atoms with Crippen molar-refractivity contribution < 1.29 is 4.74 Å². The minimum Gasteiger partial charge on any atom is -0.438 e. The molecular formula is C13H13N5O. The van der Waals surface area contributed by atoms with Crippen molar-refractivity contribution in [2.24, 2.45) is 5.84 Å². The normalized spacial score (nSPS) is 9.79. The van der Waals surface area contributed by atoms with Crippen LogP contribution in [0, 0.1) is 25.2 Å². The lowest BCUT2D eigenvalue weighted by Gasteiger charge is -2.11. The molecule has 0 aliphatic rings. The van der Waals surface area contributed by atoms with E-state index in [2.05, 4.69) is 21.5 Å². The van der Waals surface area contributed by atoms with E-state index in [0.717, 1.165) is 5.56 Å². The Kier molecular flexibility index (Phi) is 3.59. The van der Waals surface area contributed by atoms with Crippen LogP contribution in [0.4, 0.5) is 5.82 Å². The summed E-state index contributed by atoms with van der Waals surface area (Å²) in [4.78, 5) is 8.04. The fourth-order valence-electron chi connectivity index (χ4n) is 1.57. The molecule has 0 saturated heterocycles. The number of nitrogen functional groups attached to an aromatic ring is 1. The average Bonchev–Trinajstić information content (AvgIpc) is 2.43. The first-order valence-corrected chi connectivity index (χ1v) is 5.62. The topological polar surface area (TPSA) is 96.8 Å². The molecule has 0 aliphatic heterocycles. The fraction of sp³-hybridized carbons (Fsp3) is 0.154. The zero-order chi connectivity index (χ0) is 13.8. The number of hydrazine groups is 1. The van der Waals surface area contributed by atoms with E-state index in [9.17, 15) is 0 Å². The Morgan fingerprint density at radius 2 is 2.11 bits per heavy atom. The number of hydrogen-bond donors (Lipinski definition) is 2. The molecule has 1 aromatic carbocycles. The highest BCUT2D eigenvalue weighted by Crippen LogP contribution is 2.28. The minimum absolute atomic E-state index is 0.404. The zero-order valence-electron chi connectivity index (χ0n) is 10.6. The van der Waals surface area contributed by atoms with Crippen molar-refractivity contribution in [3.63, 3.8) is 0 Å². The molecule has 2 rings (SSSR count). The number of nitrogens with zero attached hydrogens (tertiary/aromatic N) is 3. The van der Waals surface area contributed by atoms with Gasteiger partial charge in [0.25, 0.3) is 0 Å². The van der Waals surface area contributed by atoms with Gasteiger partial charge in [0.15, 0.2) is 0 Å². The van der Waals surface area contributed by atoms with Crippen LogP contribution in [0.2, 0.25) is 0 Å². The van der Waals surface area contributed by atoms with Gasteiger partial charge in [0.2, 0.25) is 5.88 Å². The second-order valence-corrected chi connectivity index (χ2v) is 3.99. The smallest absolute Gasteiger partial charge is 0.227 e. The molecule has 0 bridgehead atoms.